The summed E-state index contributed by atoms with van der Waals surface area (Å²) < 4.78 is 2.25. The molecule has 3 aromatic rings. The van der Waals surface area contributed by atoms with Crippen molar-refractivity contribution in [3.63, 3.8) is 0 Å². The standard InChI is InChI=1S/C14H9Cl2N5O4/c15-11-6-17-19(14(23)13(11)16)7-8-5-12(22)20(18-8)9-1-3-10(4-2-9)21(24)25/h1-6,18H,7H2. The van der Waals surface area contributed by atoms with Gasteiger partial charge in [-0.3, -0.25) is 24.8 Å². The number of halogens is 2. The fraction of sp³-hybridized carbons (Fsp3) is 0.0714. The number of benzene rings is 1. The lowest BCUT2D eigenvalue weighted by Gasteiger charge is -2.04. The molecule has 0 fully saturated rings. The summed E-state index contributed by atoms with van der Waals surface area (Å²) in [5.74, 6) is 0. The first-order valence-corrected chi connectivity index (χ1v) is 7.59. The first-order valence-electron chi connectivity index (χ1n) is 6.83. The van der Waals surface area contributed by atoms with Gasteiger partial charge in [-0.2, -0.15) is 5.10 Å². The molecule has 0 saturated heterocycles. The van der Waals surface area contributed by atoms with Crippen LogP contribution in [0.5, 0.6) is 0 Å². The molecule has 0 aliphatic rings. The predicted molar refractivity (Wildman–Crippen MR) is 90.7 cm³/mol. The van der Waals surface area contributed by atoms with Gasteiger partial charge >= 0.3 is 0 Å². The summed E-state index contributed by atoms with van der Waals surface area (Å²) in [7, 11) is 0. The van der Waals surface area contributed by atoms with Crippen LogP contribution >= 0.6 is 23.2 Å². The Morgan fingerprint density at radius 2 is 1.88 bits per heavy atom. The second kappa shape index (κ2) is 6.54. The largest absolute Gasteiger partial charge is 0.293 e. The lowest BCUT2D eigenvalue weighted by Crippen LogP contribution is -2.24. The molecule has 0 atom stereocenters. The molecule has 0 unspecified atom stereocenters. The maximum Gasteiger partial charge on any atom is 0.287 e. The van der Waals surface area contributed by atoms with Crippen molar-refractivity contribution >= 4 is 28.9 Å². The van der Waals surface area contributed by atoms with Gasteiger partial charge in [-0.05, 0) is 12.1 Å². The van der Waals surface area contributed by atoms with E-state index in [2.05, 4.69) is 10.2 Å². The molecular formula is C14H9Cl2N5O4. The van der Waals surface area contributed by atoms with Crippen molar-refractivity contribution in [3.8, 4) is 5.69 Å². The van der Waals surface area contributed by atoms with Crippen molar-refractivity contribution in [2.75, 3.05) is 0 Å². The van der Waals surface area contributed by atoms with E-state index in [1.165, 1.54) is 41.2 Å². The molecule has 2 aromatic heterocycles. The van der Waals surface area contributed by atoms with Crippen molar-refractivity contribution in [1.82, 2.24) is 19.6 Å². The number of nitro benzene ring substituents is 1. The average Bonchev–Trinajstić information content (AvgIpc) is 2.96. The number of hydrogen-bond acceptors (Lipinski definition) is 5. The van der Waals surface area contributed by atoms with Gasteiger partial charge in [0.05, 0.1) is 34.1 Å². The lowest BCUT2D eigenvalue weighted by molar-refractivity contribution is -0.384. The number of hydrogen-bond donors (Lipinski definition) is 1. The number of nitro groups is 1. The zero-order valence-electron chi connectivity index (χ0n) is 12.3. The molecule has 0 bridgehead atoms. The van der Waals surface area contributed by atoms with E-state index in [-0.39, 0.29) is 22.3 Å². The second-order valence-corrected chi connectivity index (χ2v) is 5.78. The maximum absolute atomic E-state index is 12.1. The molecule has 25 heavy (non-hydrogen) atoms. The highest BCUT2D eigenvalue weighted by Gasteiger charge is 2.12. The van der Waals surface area contributed by atoms with Gasteiger partial charge in [-0.25, -0.2) is 9.36 Å². The van der Waals surface area contributed by atoms with Crippen molar-refractivity contribution in [3.05, 3.63) is 83.1 Å². The Labute approximate surface area is 149 Å². The molecule has 128 valence electrons. The number of H-pyrrole nitrogens is 1. The summed E-state index contributed by atoms with van der Waals surface area (Å²) in [6.07, 6.45) is 1.23. The fourth-order valence-corrected chi connectivity index (χ4v) is 2.43. The second-order valence-electron chi connectivity index (χ2n) is 5.00. The summed E-state index contributed by atoms with van der Waals surface area (Å²) in [5, 5.41) is 17.2. The van der Waals surface area contributed by atoms with Crippen molar-refractivity contribution in [2.45, 2.75) is 6.54 Å². The third kappa shape index (κ3) is 3.32. The SMILES string of the molecule is O=c1c(Cl)c(Cl)cnn1Cc1cc(=O)n(-c2ccc([N+](=O)[O-])cc2)[nH]1. The minimum atomic E-state index is -0.585. The fourth-order valence-electron chi connectivity index (χ4n) is 2.16. The first kappa shape index (κ1) is 16.9. The molecule has 1 aromatic carbocycles. The molecule has 9 nitrogen and oxygen atoms in total. The zero-order chi connectivity index (χ0) is 18.1. The Balaban J connectivity index is 1.93. The van der Waals surface area contributed by atoms with Gasteiger partial charge in [0.15, 0.2) is 0 Å². The van der Waals surface area contributed by atoms with Crippen molar-refractivity contribution < 1.29 is 4.92 Å². The lowest BCUT2D eigenvalue weighted by atomic mass is 10.3. The Morgan fingerprint density at radius 3 is 2.52 bits per heavy atom. The van der Waals surface area contributed by atoms with Gasteiger partial charge in [0.1, 0.15) is 5.02 Å². The van der Waals surface area contributed by atoms with Crippen LogP contribution in [0.3, 0.4) is 0 Å². The summed E-state index contributed by atoms with van der Waals surface area (Å²) >= 11 is 11.5. The maximum atomic E-state index is 12.1. The topological polar surface area (TPSA) is 116 Å². The molecule has 1 N–H and O–H groups in total. The van der Waals surface area contributed by atoms with Gasteiger partial charge < -0.3 is 0 Å². The molecule has 0 aliphatic carbocycles. The van der Waals surface area contributed by atoms with E-state index in [9.17, 15) is 19.7 Å². The summed E-state index contributed by atoms with van der Waals surface area (Å²) in [4.78, 5) is 34.2. The number of aromatic amines is 1. The number of nitrogens with one attached hydrogen (secondary N) is 1. The Morgan fingerprint density at radius 1 is 1.20 bits per heavy atom. The molecule has 0 radical (unpaired) electrons. The van der Waals surface area contributed by atoms with Crippen LogP contribution in [0.1, 0.15) is 5.69 Å². The van der Waals surface area contributed by atoms with Crippen molar-refractivity contribution in [1.29, 1.82) is 0 Å². The number of aromatic nitrogens is 4. The van der Waals surface area contributed by atoms with Crippen LogP contribution < -0.4 is 11.1 Å². The third-order valence-electron chi connectivity index (χ3n) is 3.35. The van der Waals surface area contributed by atoms with Crippen LogP contribution in [0.15, 0.2) is 46.1 Å². The van der Waals surface area contributed by atoms with Gasteiger partial charge in [0.2, 0.25) is 0 Å². The van der Waals surface area contributed by atoms with E-state index in [1.54, 1.807) is 0 Å². The molecule has 11 heteroatoms. The Bertz CT molecular complexity index is 1070. The zero-order valence-corrected chi connectivity index (χ0v) is 13.9. The van der Waals surface area contributed by atoms with Crippen LogP contribution in [0.4, 0.5) is 5.69 Å². The molecular weight excluding hydrogens is 373 g/mol. The van der Waals surface area contributed by atoms with Crippen LogP contribution in [0.2, 0.25) is 10.0 Å². The van der Waals surface area contributed by atoms with Crippen LogP contribution in [-0.2, 0) is 6.54 Å². The minimum Gasteiger partial charge on any atom is -0.293 e. The van der Waals surface area contributed by atoms with E-state index in [4.69, 9.17) is 23.2 Å². The molecule has 2 heterocycles. The molecule has 0 aliphatic heterocycles. The van der Waals surface area contributed by atoms with E-state index in [0.29, 0.717) is 11.4 Å². The highest BCUT2D eigenvalue weighted by atomic mass is 35.5. The highest BCUT2D eigenvalue weighted by Crippen LogP contribution is 2.15. The quantitative estimate of drug-likeness (QED) is 0.547. The molecule has 0 spiro atoms. The van der Waals surface area contributed by atoms with Crippen LogP contribution in [0, 0.1) is 10.1 Å². The predicted octanol–water partition coefficient (Wildman–Crippen LogP) is 1.99. The van der Waals surface area contributed by atoms with Gasteiger partial charge in [0, 0.05) is 18.2 Å². The summed E-state index contributed by atoms with van der Waals surface area (Å²) in [5.41, 5.74) is -0.252. The van der Waals surface area contributed by atoms with E-state index >= 15 is 0 Å². The van der Waals surface area contributed by atoms with Gasteiger partial charge in [-0.15, -0.1) is 0 Å². The summed E-state index contributed by atoms with van der Waals surface area (Å²) in [6, 6.07) is 6.73. The molecule has 3 rings (SSSR count). The van der Waals surface area contributed by atoms with E-state index in [1.807, 2.05) is 0 Å². The highest BCUT2D eigenvalue weighted by molar-refractivity contribution is 6.41. The number of rotatable bonds is 4. The molecule has 0 amide bonds. The van der Waals surface area contributed by atoms with E-state index < -0.39 is 16.0 Å². The van der Waals surface area contributed by atoms with Crippen LogP contribution in [0.25, 0.3) is 5.69 Å². The Kier molecular flexibility index (Phi) is 4.43. The average molecular weight is 382 g/mol. The summed E-state index contributed by atoms with van der Waals surface area (Å²) in [6.45, 7) is -0.0229. The van der Waals surface area contributed by atoms with Gasteiger partial charge in [0.25, 0.3) is 16.8 Å². The number of non-ortho nitro benzene ring substituents is 1. The van der Waals surface area contributed by atoms with Gasteiger partial charge in [-0.1, -0.05) is 23.2 Å². The number of nitrogens with zero attached hydrogens (tertiary/aromatic N) is 4. The molecule has 0 saturated carbocycles. The minimum absolute atomic E-state index is 0.0229. The van der Waals surface area contributed by atoms with Crippen molar-refractivity contribution in [2.24, 2.45) is 0 Å². The smallest absolute Gasteiger partial charge is 0.287 e. The van der Waals surface area contributed by atoms with E-state index in [0.717, 1.165) is 4.68 Å². The Hall–Kier alpha value is -2.91. The first-order chi connectivity index (χ1) is 11.9. The monoisotopic (exact) mass is 381 g/mol. The third-order valence-corrected chi connectivity index (χ3v) is 4.10. The van der Waals surface area contributed by atoms with Crippen LogP contribution in [-0.4, -0.2) is 24.5 Å². The normalized spacial score (nSPS) is 10.8.